The minimum atomic E-state index is -0.462. The smallest absolute Gasteiger partial charge is 0.236 e. The number of nitrogens with one attached hydrogen (secondary N) is 1. The first-order chi connectivity index (χ1) is 7.41. The van der Waals surface area contributed by atoms with Crippen molar-refractivity contribution >= 4 is 21.8 Å². The average molecular weight is 285 g/mol. The van der Waals surface area contributed by atoms with Crippen LogP contribution in [-0.4, -0.2) is 11.9 Å². The first kappa shape index (κ1) is 13.2. The minimum absolute atomic E-state index is 0.123. The second-order valence-corrected chi connectivity index (χ2v) is 4.94. The highest BCUT2D eigenvalue weighted by atomic mass is 79.9. The molecule has 0 saturated carbocycles. The third-order valence-corrected chi connectivity index (χ3v) is 2.97. The fourth-order valence-electron chi connectivity index (χ4n) is 1.56. The molecule has 1 amide bonds. The van der Waals surface area contributed by atoms with E-state index in [0.717, 1.165) is 21.2 Å². The Labute approximate surface area is 105 Å². The van der Waals surface area contributed by atoms with Crippen LogP contribution in [0.2, 0.25) is 0 Å². The van der Waals surface area contributed by atoms with Gasteiger partial charge < -0.3 is 11.1 Å². The van der Waals surface area contributed by atoms with Gasteiger partial charge in [-0.15, -0.1) is 0 Å². The van der Waals surface area contributed by atoms with E-state index in [9.17, 15) is 4.79 Å². The van der Waals surface area contributed by atoms with Crippen molar-refractivity contribution in [2.24, 2.45) is 5.73 Å². The third kappa shape index (κ3) is 3.32. The van der Waals surface area contributed by atoms with Crippen molar-refractivity contribution in [3.05, 3.63) is 33.3 Å². The van der Waals surface area contributed by atoms with Gasteiger partial charge >= 0.3 is 0 Å². The quantitative estimate of drug-likeness (QED) is 0.892. The Morgan fingerprint density at radius 3 is 2.38 bits per heavy atom. The van der Waals surface area contributed by atoms with Crippen LogP contribution in [0.5, 0.6) is 0 Å². The van der Waals surface area contributed by atoms with Crippen LogP contribution in [0.4, 0.5) is 0 Å². The van der Waals surface area contributed by atoms with Gasteiger partial charge in [-0.05, 0) is 49.6 Å². The normalized spacial score (nSPS) is 12.3. The van der Waals surface area contributed by atoms with Gasteiger partial charge in [0.25, 0.3) is 0 Å². The number of carbonyl (C=O) groups is 1. The monoisotopic (exact) mass is 284 g/mol. The highest BCUT2D eigenvalue weighted by Crippen LogP contribution is 2.20. The van der Waals surface area contributed by atoms with E-state index in [1.165, 1.54) is 0 Å². The summed E-state index contributed by atoms with van der Waals surface area (Å²) >= 11 is 3.44. The van der Waals surface area contributed by atoms with E-state index in [-0.39, 0.29) is 5.91 Å². The summed E-state index contributed by atoms with van der Waals surface area (Å²) in [5.74, 6) is -0.123. The van der Waals surface area contributed by atoms with Crippen LogP contribution in [0.25, 0.3) is 0 Å². The zero-order valence-corrected chi connectivity index (χ0v) is 11.4. The molecule has 0 spiro atoms. The van der Waals surface area contributed by atoms with E-state index in [2.05, 4.69) is 21.2 Å². The van der Waals surface area contributed by atoms with Crippen molar-refractivity contribution in [3.63, 3.8) is 0 Å². The van der Waals surface area contributed by atoms with Gasteiger partial charge in [-0.1, -0.05) is 15.9 Å². The Hall–Kier alpha value is -0.870. The van der Waals surface area contributed by atoms with Gasteiger partial charge in [0, 0.05) is 11.0 Å². The zero-order chi connectivity index (χ0) is 12.3. The van der Waals surface area contributed by atoms with E-state index in [4.69, 9.17) is 5.73 Å². The maximum absolute atomic E-state index is 11.4. The SMILES string of the molecule is Cc1cc(Br)cc(C)c1CNC(=O)[C@@H](C)N. The first-order valence-electron chi connectivity index (χ1n) is 5.20. The van der Waals surface area contributed by atoms with Gasteiger partial charge in [-0.2, -0.15) is 0 Å². The minimum Gasteiger partial charge on any atom is -0.351 e. The number of benzene rings is 1. The molecule has 4 heteroatoms. The van der Waals surface area contributed by atoms with Gasteiger partial charge in [0.2, 0.25) is 5.91 Å². The number of rotatable bonds is 3. The van der Waals surface area contributed by atoms with E-state index in [0.29, 0.717) is 6.54 Å². The summed E-state index contributed by atoms with van der Waals surface area (Å²) in [6, 6.07) is 3.62. The van der Waals surface area contributed by atoms with Crippen molar-refractivity contribution in [1.82, 2.24) is 5.32 Å². The molecule has 0 radical (unpaired) electrons. The zero-order valence-electron chi connectivity index (χ0n) is 9.80. The Bertz CT molecular complexity index is 379. The number of aryl methyl sites for hydroxylation is 2. The molecule has 0 aliphatic rings. The standard InChI is InChI=1S/C12H17BrN2O/c1-7-4-10(13)5-8(2)11(7)6-15-12(16)9(3)14/h4-5,9H,6,14H2,1-3H3,(H,15,16)/t9-/m1/s1. The molecule has 1 rings (SSSR count). The summed E-state index contributed by atoms with van der Waals surface area (Å²) in [5, 5.41) is 2.82. The van der Waals surface area contributed by atoms with Crippen molar-refractivity contribution in [1.29, 1.82) is 0 Å². The van der Waals surface area contributed by atoms with Crippen molar-refractivity contribution in [2.75, 3.05) is 0 Å². The van der Waals surface area contributed by atoms with Crippen molar-refractivity contribution < 1.29 is 4.79 Å². The largest absolute Gasteiger partial charge is 0.351 e. The van der Waals surface area contributed by atoms with E-state index >= 15 is 0 Å². The van der Waals surface area contributed by atoms with Gasteiger partial charge in [0.05, 0.1) is 6.04 Å². The summed E-state index contributed by atoms with van der Waals surface area (Å²) in [6.07, 6.45) is 0. The maximum Gasteiger partial charge on any atom is 0.236 e. The molecular formula is C12H17BrN2O. The molecule has 16 heavy (non-hydrogen) atoms. The molecule has 88 valence electrons. The van der Waals surface area contributed by atoms with E-state index in [1.807, 2.05) is 26.0 Å². The van der Waals surface area contributed by atoms with E-state index < -0.39 is 6.04 Å². The van der Waals surface area contributed by atoms with Crippen LogP contribution in [0.3, 0.4) is 0 Å². The lowest BCUT2D eigenvalue weighted by Gasteiger charge is -2.13. The van der Waals surface area contributed by atoms with Gasteiger partial charge in [0.15, 0.2) is 0 Å². The molecule has 0 heterocycles. The Balaban J connectivity index is 2.78. The van der Waals surface area contributed by atoms with Gasteiger partial charge in [-0.3, -0.25) is 4.79 Å². The lowest BCUT2D eigenvalue weighted by molar-refractivity contribution is -0.122. The molecule has 3 N–H and O–H groups in total. The predicted molar refractivity (Wildman–Crippen MR) is 69.1 cm³/mol. The fourth-order valence-corrected chi connectivity index (χ4v) is 2.24. The topological polar surface area (TPSA) is 55.1 Å². The molecule has 1 atom stereocenters. The highest BCUT2D eigenvalue weighted by Gasteiger charge is 2.09. The second-order valence-electron chi connectivity index (χ2n) is 4.02. The molecule has 0 aromatic heterocycles. The van der Waals surface area contributed by atoms with Crippen molar-refractivity contribution in [3.8, 4) is 0 Å². The van der Waals surface area contributed by atoms with Crippen LogP contribution in [0.15, 0.2) is 16.6 Å². The second kappa shape index (κ2) is 5.46. The Morgan fingerprint density at radius 2 is 1.94 bits per heavy atom. The molecule has 3 nitrogen and oxygen atoms in total. The lowest BCUT2D eigenvalue weighted by Crippen LogP contribution is -2.38. The molecule has 0 aliphatic carbocycles. The van der Waals surface area contributed by atoms with Crippen LogP contribution in [-0.2, 0) is 11.3 Å². The first-order valence-corrected chi connectivity index (χ1v) is 6.00. The van der Waals surface area contributed by atoms with Crippen LogP contribution >= 0.6 is 15.9 Å². The molecule has 0 fully saturated rings. The number of amides is 1. The molecule has 1 aromatic rings. The molecule has 0 aliphatic heterocycles. The molecule has 0 unspecified atom stereocenters. The molecule has 1 aromatic carbocycles. The number of carbonyl (C=O) groups excluding carboxylic acids is 1. The van der Waals surface area contributed by atoms with Gasteiger partial charge in [-0.25, -0.2) is 0 Å². The fraction of sp³-hybridized carbons (Fsp3) is 0.417. The summed E-state index contributed by atoms with van der Waals surface area (Å²) in [7, 11) is 0. The van der Waals surface area contributed by atoms with Crippen LogP contribution in [0, 0.1) is 13.8 Å². The van der Waals surface area contributed by atoms with Crippen LogP contribution in [0.1, 0.15) is 23.6 Å². The number of nitrogens with two attached hydrogens (primary N) is 1. The molecule has 0 saturated heterocycles. The maximum atomic E-state index is 11.4. The van der Waals surface area contributed by atoms with Gasteiger partial charge in [0.1, 0.15) is 0 Å². The highest BCUT2D eigenvalue weighted by molar-refractivity contribution is 9.10. The number of hydrogen-bond donors (Lipinski definition) is 2. The molecular weight excluding hydrogens is 268 g/mol. The lowest BCUT2D eigenvalue weighted by atomic mass is 10.0. The third-order valence-electron chi connectivity index (χ3n) is 2.51. The van der Waals surface area contributed by atoms with Crippen molar-refractivity contribution in [2.45, 2.75) is 33.4 Å². The number of halogens is 1. The Morgan fingerprint density at radius 1 is 1.44 bits per heavy atom. The summed E-state index contributed by atoms with van der Waals surface area (Å²) in [4.78, 5) is 11.4. The van der Waals surface area contributed by atoms with Crippen LogP contribution < -0.4 is 11.1 Å². The average Bonchev–Trinajstić information content (AvgIpc) is 2.15. The summed E-state index contributed by atoms with van der Waals surface area (Å²) < 4.78 is 1.06. The molecule has 0 bridgehead atoms. The van der Waals surface area contributed by atoms with E-state index in [1.54, 1.807) is 6.92 Å². The number of hydrogen-bond acceptors (Lipinski definition) is 2. The summed E-state index contributed by atoms with van der Waals surface area (Å²) in [5.41, 5.74) is 8.96. The predicted octanol–water partition coefficient (Wildman–Crippen LogP) is 2.03. The Kier molecular flexibility index (Phi) is 4.50. The summed E-state index contributed by atoms with van der Waals surface area (Å²) in [6.45, 7) is 6.28.